The Morgan fingerprint density at radius 3 is 2.50 bits per heavy atom. The van der Waals surface area contributed by atoms with Gasteiger partial charge >= 0.3 is 0 Å². The highest BCUT2D eigenvalue weighted by atomic mass is 35.5. The molecule has 2 aliphatic rings. The fraction of sp³-hybridized carbons (Fsp3) is 0.471. The number of piperazine rings is 1. The van der Waals surface area contributed by atoms with Gasteiger partial charge in [-0.3, -0.25) is 4.90 Å². The van der Waals surface area contributed by atoms with Gasteiger partial charge in [-0.2, -0.15) is 5.10 Å². The molecule has 22 heavy (non-hydrogen) atoms. The van der Waals surface area contributed by atoms with Crippen molar-refractivity contribution in [2.45, 2.75) is 37.9 Å². The molecule has 5 heteroatoms. The zero-order chi connectivity index (χ0) is 14.1. The number of halogens is 1. The predicted molar refractivity (Wildman–Crippen MR) is 90.7 cm³/mol. The number of para-hydroxylation sites is 1. The minimum absolute atomic E-state index is 0. The molecule has 0 spiro atoms. The second-order valence-electron chi connectivity index (χ2n) is 6.26. The molecule has 2 atom stereocenters. The van der Waals surface area contributed by atoms with Crippen molar-refractivity contribution in [2.24, 2.45) is 0 Å². The third-order valence-electron chi connectivity index (χ3n) is 4.64. The smallest absolute Gasteiger partial charge is 0.0649 e. The number of piperidine rings is 1. The van der Waals surface area contributed by atoms with E-state index < -0.39 is 0 Å². The van der Waals surface area contributed by atoms with Crippen LogP contribution in [-0.2, 0) is 6.54 Å². The van der Waals surface area contributed by atoms with Crippen LogP contribution in [0, 0.1) is 0 Å². The van der Waals surface area contributed by atoms with E-state index in [4.69, 9.17) is 0 Å². The van der Waals surface area contributed by atoms with Gasteiger partial charge < -0.3 is 5.32 Å². The lowest BCUT2D eigenvalue weighted by atomic mass is 9.94. The molecule has 2 saturated heterocycles. The molecule has 1 aromatic heterocycles. The second kappa shape index (κ2) is 6.82. The van der Waals surface area contributed by atoms with Gasteiger partial charge in [0.05, 0.1) is 11.4 Å². The van der Waals surface area contributed by atoms with E-state index in [0.717, 1.165) is 25.3 Å². The fourth-order valence-corrected chi connectivity index (χ4v) is 3.71. The Morgan fingerprint density at radius 2 is 1.77 bits per heavy atom. The van der Waals surface area contributed by atoms with Crippen molar-refractivity contribution in [2.75, 3.05) is 13.1 Å². The molecule has 0 amide bonds. The molecule has 2 fully saturated rings. The highest BCUT2D eigenvalue weighted by Crippen LogP contribution is 2.21. The SMILES string of the molecule is Cl.c1ccc(-n2nccc2CN2CC3CCCC(C2)N3)cc1. The van der Waals surface area contributed by atoms with Gasteiger partial charge in [0.2, 0.25) is 0 Å². The average Bonchev–Trinajstić information content (AvgIpc) is 2.96. The molecule has 0 radical (unpaired) electrons. The number of benzene rings is 1. The molecule has 0 aliphatic carbocycles. The van der Waals surface area contributed by atoms with E-state index in [1.165, 1.54) is 25.0 Å². The maximum Gasteiger partial charge on any atom is 0.0649 e. The van der Waals surface area contributed by atoms with Crippen molar-refractivity contribution >= 4 is 12.4 Å². The number of hydrogen-bond acceptors (Lipinski definition) is 3. The van der Waals surface area contributed by atoms with Crippen LogP contribution >= 0.6 is 12.4 Å². The highest BCUT2D eigenvalue weighted by Gasteiger charge is 2.29. The first-order valence-electron chi connectivity index (χ1n) is 7.95. The van der Waals surface area contributed by atoms with Crippen LogP contribution in [0.15, 0.2) is 42.6 Å². The number of hydrogen-bond donors (Lipinski definition) is 1. The summed E-state index contributed by atoms with van der Waals surface area (Å²) in [6, 6.07) is 13.9. The Bertz CT molecular complexity index is 586. The molecule has 2 aromatic rings. The van der Waals surface area contributed by atoms with E-state index in [0.29, 0.717) is 12.1 Å². The van der Waals surface area contributed by atoms with Crippen LogP contribution in [0.4, 0.5) is 0 Å². The molecular formula is C17H23ClN4. The minimum Gasteiger partial charge on any atom is -0.309 e. The van der Waals surface area contributed by atoms with Gasteiger partial charge in [-0.1, -0.05) is 24.6 Å². The van der Waals surface area contributed by atoms with Gasteiger partial charge in [-0.15, -0.1) is 12.4 Å². The third-order valence-corrected chi connectivity index (χ3v) is 4.64. The number of nitrogens with one attached hydrogen (secondary N) is 1. The van der Waals surface area contributed by atoms with Crippen LogP contribution in [0.25, 0.3) is 5.69 Å². The minimum atomic E-state index is 0. The van der Waals surface area contributed by atoms with Gasteiger partial charge in [0.1, 0.15) is 0 Å². The van der Waals surface area contributed by atoms with Gasteiger partial charge in [0.15, 0.2) is 0 Å². The summed E-state index contributed by atoms with van der Waals surface area (Å²) in [5.41, 5.74) is 2.43. The molecule has 2 bridgehead atoms. The number of likely N-dealkylation sites (tertiary alicyclic amines) is 1. The third kappa shape index (κ3) is 3.19. The van der Waals surface area contributed by atoms with Crippen LogP contribution in [0.3, 0.4) is 0 Å². The van der Waals surface area contributed by atoms with E-state index in [1.54, 1.807) is 0 Å². The zero-order valence-corrected chi connectivity index (χ0v) is 13.5. The highest BCUT2D eigenvalue weighted by molar-refractivity contribution is 5.85. The number of rotatable bonds is 3. The van der Waals surface area contributed by atoms with Crippen molar-refractivity contribution in [3.05, 3.63) is 48.3 Å². The lowest BCUT2D eigenvalue weighted by Gasteiger charge is -2.42. The Balaban J connectivity index is 0.00000144. The summed E-state index contributed by atoms with van der Waals surface area (Å²) in [5.74, 6) is 0. The van der Waals surface area contributed by atoms with E-state index in [9.17, 15) is 0 Å². The summed E-state index contributed by atoms with van der Waals surface area (Å²) in [6.45, 7) is 3.32. The van der Waals surface area contributed by atoms with Crippen LogP contribution in [0.5, 0.6) is 0 Å². The molecular weight excluding hydrogens is 296 g/mol. The summed E-state index contributed by atoms with van der Waals surface area (Å²) in [7, 11) is 0. The first-order chi connectivity index (χ1) is 10.4. The first-order valence-corrected chi connectivity index (χ1v) is 7.95. The Labute approximate surface area is 137 Å². The fourth-order valence-electron chi connectivity index (χ4n) is 3.71. The molecule has 118 valence electrons. The predicted octanol–water partition coefficient (Wildman–Crippen LogP) is 2.62. The standard InChI is InChI=1S/C17H22N4.ClH/c1-2-7-16(8-3-1)21-17(9-10-18-21)13-20-11-14-5-4-6-15(12-20)19-14;/h1-3,7-10,14-15,19H,4-6,11-13H2;1H. The Kier molecular flexibility index (Phi) is 4.81. The van der Waals surface area contributed by atoms with Gasteiger partial charge in [-0.25, -0.2) is 4.68 Å². The molecule has 1 N–H and O–H groups in total. The maximum absolute atomic E-state index is 4.50. The van der Waals surface area contributed by atoms with E-state index >= 15 is 0 Å². The molecule has 4 rings (SSSR count). The molecule has 1 aromatic carbocycles. The van der Waals surface area contributed by atoms with Gasteiger partial charge in [0, 0.05) is 37.9 Å². The van der Waals surface area contributed by atoms with Gasteiger partial charge in [-0.05, 0) is 31.0 Å². The average molecular weight is 319 g/mol. The van der Waals surface area contributed by atoms with Crippen molar-refractivity contribution in [1.29, 1.82) is 0 Å². The van der Waals surface area contributed by atoms with Crippen molar-refractivity contribution in [3.8, 4) is 5.69 Å². The van der Waals surface area contributed by atoms with Crippen LogP contribution in [0.1, 0.15) is 25.0 Å². The first kappa shape index (κ1) is 15.5. The summed E-state index contributed by atoms with van der Waals surface area (Å²) in [4.78, 5) is 2.58. The van der Waals surface area contributed by atoms with E-state index in [1.807, 2.05) is 12.3 Å². The molecule has 2 aliphatic heterocycles. The van der Waals surface area contributed by atoms with E-state index in [-0.39, 0.29) is 12.4 Å². The maximum atomic E-state index is 4.50. The number of fused-ring (bicyclic) bond motifs is 2. The molecule has 3 heterocycles. The van der Waals surface area contributed by atoms with Crippen molar-refractivity contribution in [1.82, 2.24) is 20.0 Å². The lowest BCUT2D eigenvalue weighted by molar-refractivity contribution is 0.118. The van der Waals surface area contributed by atoms with Crippen LogP contribution < -0.4 is 5.32 Å². The van der Waals surface area contributed by atoms with Crippen molar-refractivity contribution < 1.29 is 0 Å². The zero-order valence-electron chi connectivity index (χ0n) is 12.7. The van der Waals surface area contributed by atoms with Crippen LogP contribution in [0.2, 0.25) is 0 Å². The Morgan fingerprint density at radius 1 is 1.05 bits per heavy atom. The topological polar surface area (TPSA) is 33.1 Å². The molecule has 2 unspecified atom stereocenters. The largest absolute Gasteiger partial charge is 0.309 e. The van der Waals surface area contributed by atoms with Crippen molar-refractivity contribution in [3.63, 3.8) is 0 Å². The molecule has 4 nitrogen and oxygen atoms in total. The Hall–Kier alpha value is -1.36. The normalized spacial score (nSPS) is 24.7. The summed E-state index contributed by atoms with van der Waals surface area (Å²) >= 11 is 0. The summed E-state index contributed by atoms with van der Waals surface area (Å²) in [5, 5.41) is 8.24. The van der Waals surface area contributed by atoms with Crippen LogP contribution in [-0.4, -0.2) is 39.9 Å². The monoisotopic (exact) mass is 318 g/mol. The number of aromatic nitrogens is 2. The van der Waals surface area contributed by atoms with Gasteiger partial charge in [0.25, 0.3) is 0 Å². The quantitative estimate of drug-likeness (QED) is 0.944. The summed E-state index contributed by atoms with van der Waals surface area (Å²) < 4.78 is 2.07. The molecule has 0 saturated carbocycles. The summed E-state index contributed by atoms with van der Waals surface area (Å²) in [6.07, 6.45) is 5.94. The lowest BCUT2D eigenvalue weighted by Crippen LogP contribution is -2.58. The second-order valence-corrected chi connectivity index (χ2v) is 6.26. The number of nitrogens with zero attached hydrogens (tertiary/aromatic N) is 3. The van der Waals surface area contributed by atoms with E-state index in [2.05, 4.69) is 50.3 Å².